The van der Waals surface area contributed by atoms with Crippen molar-refractivity contribution in [3.8, 4) is 0 Å². The van der Waals surface area contributed by atoms with Crippen molar-refractivity contribution in [2.24, 2.45) is 5.41 Å². The molecule has 0 aromatic heterocycles. The molecule has 5 nitrogen and oxygen atoms in total. The summed E-state index contributed by atoms with van der Waals surface area (Å²) in [4.78, 5) is 9.70. The lowest BCUT2D eigenvalue weighted by molar-refractivity contribution is -0.544. The van der Waals surface area contributed by atoms with E-state index in [0.717, 1.165) is 0 Å². The lowest BCUT2D eigenvalue weighted by atomic mass is 9.86. The summed E-state index contributed by atoms with van der Waals surface area (Å²) >= 11 is 0. The monoisotopic (exact) mass is 163 g/mol. The highest BCUT2D eigenvalue weighted by molar-refractivity contribution is 4.76. The first-order valence-electron chi connectivity index (χ1n) is 3.31. The van der Waals surface area contributed by atoms with Crippen LogP contribution in [0, 0.1) is 15.5 Å². The molecule has 5 heteroatoms. The van der Waals surface area contributed by atoms with Crippen molar-refractivity contribution in [2.75, 3.05) is 13.2 Å². The molecule has 0 bridgehead atoms. The summed E-state index contributed by atoms with van der Waals surface area (Å²) in [6, 6.07) is -1.09. The second-order valence-corrected chi connectivity index (χ2v) is 3.13. The SMILES string of the molecule is CC(C)(CO)C(CO)[N+](=O)[O-]. The Morgan fingerprint density at radius 3 is 2.09 bits per heavy atom. The second-order valence-electron chi connectivity index (χ2n) is 3.13. The Bertz CT molecular complexity index is 146. The minimum Gasteiger partial charge on any atom is -0.396 e. The van der Waals surface area contributed by atoms with Crippen molar-refractivity contribution in [1.29, 1.82) is 0 Å². The summed E-state index contributed by atoms with van der Waals surface area (Å²) in [5.74, 6) is 0. The van der Waals surface area contributed by atoms with Crippen molar-refractivity contribution in [3.63, 3.8) is 0 Å². The largest absolute Gasteiger partial charge is 0.396 e. The zero-order valence-electron chi connectivity index (χ0n) is 6.65. The first-order valence-corrected chi connectivity index (χ1v) is 3.31. The van der Waals surface area contributed by atoms with Crippen molar-refractivity contribution < 1.29 is 15.1 Å². The topological polar surface area (TPSA) is 83.6 Å². The van der Waals surface area contributed by atoms with Gasteiger partial charge in [0.25, 0.3) is 0 Å². The van der Waals surface area contributed by atoms with Gasteiger partial charge in [-0.15, -0.1) is 0 Å². The van der Waals surface area contributed by atoms with Crippen LogP contribution in [0.1, 0.15) is 13.8 Å². The van der Waals surface area contributed by atoms with Crippen LogP contribution in [-0.2, 0) is 0 Å². The molecule has 0 rings (SSSR count). The molecule has 0 saturated heterocycles. The van der Waals surface area contributed by atoms with Crippen molar-refractivity contribution >= 4 is 0 Å². The molecule has 0 amide bonds. The number of rotatable bonds is 4. The standard InChI is InChI=1S/C6H13NO4/c1-6(2,4-9)5(3-8)7(10)11/h5,8-9H,3-4H2,1-2H3. The molecule has 0 saturated carbocycles. The third-order valence-electron chi connectivity index (χ3n) is 1.74. The Morgan fingerprint density at radius 1 is 1.55 bits per heavy atom. The molecule has 0 aliphatic heterocycles. The van der Waals surface area contributed by atoms with Gasteiger partial charge in [-0.2, -0.15) is 0 Å². The molecule has 0 radical (unpaired) electrons. The van der Waals surface area contributed by atoms with E-state index >= 15 is 0 Å². The maximum atomic E-state index is 10.3. The molecule has 0 fully saturated rings. The zero-order chi connectivity index (χ0) is 9.07. The van der Waals surface area contributed by atoms with Crippen molar-refractivity contribution in [3.05, 3.63) is 10.1 Å². The fourth-order valence-electron chi connectivity index (χ4n) is 0.705. The van der Waals surface area contributed by atoms with E-state index in [9.17, 15) is 10.1 Å². The van der Waals surface area contributed by atoms with Gasteiger partial charge >= 0.3 is 0 Å². The normalized spacial score (nSPS) is 14.5. The van der Waals surface area contributed by atoms with Gasteiger partial charge in [0.1, 0.15) is 6.61 Å². The highest BCUT2D eigenvalue weighted by Crippen LogP contribution is 2.21. The smallest absolute Gasteiger partial charge is 0.242 e. The number of aliphatic hydroxyl groups is 2. The predicted octanol–water partition coefficient (Wildman–Crippen LogP) is -0.357. The average molecular weight is 163 g/mol. The molecule has 0 aliphatic carbocycles. The van der Waals surface area contributed by atoms with Gasteiger partial charge in [0, 0.05) is 4.92 Å². The van der Waals surface area contributed by atoms with Crippen LogP contribution in [0.2, 0.25) is 0 Å². The molecule has 1 unspecified atom stereocenters. The summed E-state index contributed by atoms with van der Waals surface area (Å²) in [5, 5.41) is 27.6. The van der Waals surface area contributed by atoms with Gasteiger partial charge < -0.3 is 10.2 Å². The fourth-order valence-corrected chi connectivity index (χ4v) is 0.705. The van der Waals surface area contributed by atoms with E-state index in [1.807, 2.05) is 0 Å². The minimum atomic E-state index is -1.09. The molecule has 0 aromatic carbocycles. The third-order valence-corrected chi connectivity index (χ3v) is 1.74. The highest BCUT2D eigenvalue weighted by atomic mass is 16.6. The van der Waals surface area contributed by atoms with Gasteiger partial charge in [-0.1, -0.05) is 13.8 Å². The maximum absolute atomic E-state index is 10.3. The number of hydrogen-bond acceptors (Lipinski definition) is 4. The van der Waals surface area contributed by atoms with Crippen LogP contribution in [0.4, 0.5) is 0 Å². The lowest BCUT2D eigenvalue weighted by Gasteiger charge is -2.23. The van der Waals surface area contributed by atoms with E-state index in [2.05, 4.69) is 0 Å². The van der Waals surface area contributed by atoms with Crippen LogP contribution < -0.4 is 0 Å². The number of nitrogens with zero attached hydrogens (tertiary/aromatic N) is 1. The Morgan fingerprint density at radius 2 is 2.00 bits per heavy atom. The number of aliphatic hydroxyl groups excluding tert-OH is 2. The summed E-state index contributed by atoms with van der Waals surface area (Å²) < 4.78 is 0. The van der Waals surface area contributed by atoms with E-state index < -0.39 is 23.0 Å². The summed E-state index contributed by atoms with van der Waals surface area (Å²) in [6.07, 6.45) is 0. The van der Waals surface area contributed by atoms with Crippen LogP contribution in [0.5, 0.6) is 0 Å². The first-order chi connectivity index (χ1) is 4.95. The summed E-state index contributed by atoms with van der Waals surface area (Å²) in [7, 11) is 0. The van der Waals surface area contributed by atoms with Gasteiger partial charge in [0.2, 0.25) is 6.04 Å². The van der Waals surface area contributed by atoms with E-state index in [0.29, 0.717) is 0 Å². The van der Waals surface area contributed by atoms with E-state index in [-0.39, 0.29) is 6.61 Å². The summed E-state index contributed by atoms with van der Waals surface area (Å²) in [5.41, 5.74) is -0.863. The molecule has 0 aliphatic rings. The van der Waals surface area contributed by atoms with E-state index in [4.69, 9.17) is 10.2 Å². The molecule has 2 N–H and O–H groups in total. The van der Waals surface area contributed by atoms with Gasteiger partial charge in [-0.3, -0.25) is 10.1 Å². The summed E-state index contributed by atoms with van der Waals surface area (Å²) in [6.45, 7) is 2.23. The first kappa shape index (κ1) is 10.3. The predicted molar refractivity (Wildman–Crippen MR) is 38.7 cm³/mol. The van der Waals surface area contributed by atoms with Crippen LogP contribution in [0.25, 0.3) is 0 Å². The molecule has 66 valence electrons. The molecule has 0 aromatic rings. The minimum absolute atomic E-state index is 0.306. The van der Waals surface area contributed by atoms with Crippen molar-refractivity contribution in [2.45, 2.75) is 19.9 Å². The maximum Gasteiger partial charge on any atom is 0.242 e. The van der Waals surface area contributed by atoms with E-state index in [1.165, 1.54) is 13.8 Å². The van der Waals surface area contributed by atoms with Crippen LogP contribution >= 0.6 is 0 Å². The van der Waals surface area contributed by atoms with Gasteiger partial charge in [0.15, 0.2) is 0 Å². The fraction of sp³-hybridized carbons (Fsp3) is 1.00. The Labute approximate surface area is 64.8 Å². The van der Waals surface area contributed by atoms with Gasteiger partial charge in [0.05, 0.1) is 12.0 Å². The number of nitro groups is 1. The Kier molecular flexibility index (Phi) is 3.41. The molecule has 0 spiro atoms. The quantitative estimate of drug-likeness (QED) is 0.438. The zero-order valence-corrected chi connectivity index (χ0v) is 6.65. The van der Waals surface area contributed by atoms with Crippen molar-refractivity contribution in [1.82, 2.24) is 0 Å². The highest BCUT2D eigenvalue weighted by Gasteiger charge is 2.37. The molecular weight excluding hydrogens is 150 g/mol. The third kappa shape index (κ3) is 2.44. The van der Waals surface area contributed by atoms with E-state index in [1.54, 1.807) is 0 Å². The lowest BCUT2D eigenvalue weighted by Crippen LogP contribution is -2.41. The van der Waals surface area contributed by atoms with Crippen LogP contribution in [0.3, 0.4) is 0 Å². The van der Waals surface area contributed by atoms with Crippen LogP contribution in [-0.4, -0.2) is 34.4 Å². The average Bonchev–Trinajstić information content (AvgIpc) is 1.88. The number of hydrogen-bond donors (Lipinski definition) is 2. The second kappa shape index (κ2) is 3.64. The Balaban J connectivity index is 4.36. The van der Waals surface area contributed by atoms with Gasteiger partial charge in [-0.25, -0.2) is 0 Å². The van der Waals surface area contributed by atoms with Gasteiger partial charge in [-0.05, 0) is 0 Å². The molecule has 0 heterocycles. The molecular formula is C6H13NO4. The molecule has 1 atom stereocenters. The van der Waals surface area contributed by atoms with Crippen LogP contribution in [0.15, 0.2) is 0 Å². The Hall–Kier alpha value is -0.680. The molecule has 11 heavy (non-hydrogen) atoms.